The van der Waals surface area contributed by atoms with Gasteiger partial charge in [-0.25, -0.2) is 9.99 Å². The highest BCUT2D eigenvalue weighted by Gasteiger charge is 2.25. The van der Waals surface area contributed by atoms with Crippen LogP contribution in [0.2, 0.25) is 10.0 Å². The minimum absolute atomic E-state index is 0.210. The molecule has 0 spiro atoms. The molecule has 0 aliphatic carbocycles. The molecule has 5 rings (SSSR count). The first-order chi connectivity index (χ1) is 16.5. The third kappa shape index (κ3) is 4.75. The summed E-state index contributed by atoms with van der Waals surface area (Å²) in [6.07, 6.45) is 3.35. The van der Waals surface area contributed by atoms with Crippen molar-refractivity contribution in [3.8, 4) is 17.1 Å². The smallest absolute Gasteiger partial charge is 0.286 e. The second-order valence-corrected chi connectivity index (χ2v) is 10.3. The third-order valence-electron chi connectivity index (χ3n) is 6.07. The van der Waals surface area contributed by atoms with Crippen molar-refractivity contribution in [1.82, 2.24) is 20.0 Å². The fourth-order valence-electron chi connectivity index (χ4n) is 4.35. The Kier molecular flexibility index (Phi) is 6.97. The number of imidazole rings is 1. The zero-order chi connectivity index (χ0) is 23.7. The lowest BCUT2D eigenvalue weighted by Gasteiger charge is -2.26. The van der Waals surface area contributed by atoms with Crippen LogP contribution in [-0.4, -0.2) is 50.9 Å². The van der Waals surface area contributed by atoms with Crippen molar-refractivity contribution in [2.45, 2.75) is 26.2 Å². The van der Waals surface area contributed by atoms with E-state index in [-0.39, 0.29) is 5.91 Å². The SMILES string of the molecule is Cc1c(C(=O)NN2CCCCC2)nc(-c2ccc(Cl)cc2Cl)n1-c1ccc(C2=NCCS2)cc1. The summed E-state index contributed by atoms with van der Waals surface area (Å²) in [6.45, 7) is 4.47. The number of rotatable bonds is 5. The Labute approximate surface area is 213 Å². The molecule has 0 bridgehead atoms. The van der Waals surface area contributed by atoms with E-state index < -0.39 is 0 Å². The van der Waals surface area contributed by atoms with Gasteiger partial charge in [-0.3, -0.25) is 19.8 Å². The van der Waals surface area contributed by atoms with Crippen LogP contribution < -0.4 is 5.43 Å². The molecule has 0 saturated carbocycles. The summed E-state index contributed by atoms with van der Waals surface area (Å²) in [4.78, 5) is 22.6. The van der Waals surface area contributed by atoms with Crippen molar-refractivity contribution in [2.24, 2.45) is 4.99 Å². The average molecular weight is 514 g/mol. The molecule has 34 heavy (non-hydrogen) atoms. The molecule has 1 N–H and O–H groups in total. The number of benzene rings is 2. The molecule has 2 aromatic carbocycles. The summed E-state index contributed by atoms with van der Waals surface area (Å²) in [5.41, 5.74) is 6.87. The quantitative estimate of drug-likeness (QED) is 0.469. The van der Waals surface area contributed by atoms with Gasteiger partial charge in [-0.05, 0) is 50.1 Å². The summed E-state index contributed by atoms with van der Waals surface area (Å²) in [6, 6.07) is 13.5. The Morgan fingerprint density at radius 3 is 2.50 bits per heavy atom. The molecule has 9 heteroatoms. The number of nitrogens with zero attached hydrogens (tertiary/aromatic N) is 4. The Balaban J connectivity index is 1.56. The van der Waals surface area contributed by atoms with Gasteiger partial charge in [-0.1, -0.05) is 41.8 Å². The molecule has 0 unspecified atom stereocenters. The minimum atomic E-state index is -0.210. The van der Waals surface area contributed by atoms with E-state index in [1.54, 1.807) is 23.9 Å². The number of aromatic nitrogens is 2. The van der Waals surface area contributed by atoms with Crippen LogP contribution in [0, 0.1) is 6.92 Å². The highest BCUT2D eigenvalue weighted by atomic mass is 35.5. The minimum Gasteiger partial charge on any atom is -0.296 e. The van der Waals surface area contributed by atoms with Gasteiger partial charge >= 0.3 is 0 Å². The summed E-state index contributed by atoms with van der Waals surface area (Å²) >= 11 is 14.5. The Morgan fingerprint density at radius 1 is 1.06 bits per heavy atom. The lowest BCUT2D eigenvalue weighted by atomic mass is 10.1. The third-order valence-corrected chi connectivity index (χ3v) is 7.64. The van der Waals surface area contributed by atoms with Gasteiger partial charge in [-0.15, -0.1) is 11.8 Å². The van der Waals surface area contributed by atoms with E-state index in [9.17, 15) is 4.79 Å². The first-order valence-electron chi connectivity index (χ1n) is 11.4. The molecule has 2 aliphatic heterocycles. The van der Waals surface area contributed by atoms with Crippen LogP contribution in [0.5, 0.6) is 0 Å². The van der Waals surface area contributed by atoms with Gasteiger partial charge in [0.25, 0.3) is 5.91 Å². The molecule has 3 aromatic rings. The van der Waals surface area contributed by atoms with Crippen molar-refractivity contribution in [3.63, 3.8) is 0 Å². The van der Waals surface area contributed by atoms with Crippen molar-refractivity contribution in [2.75, 3.05) is 25.4 Å². The average Bonchev–Trinajstić information content (AvgIpc) is 3.48. The number of carbonyl (C=O) groups is 1. The largest absolute Gasteiger partial charge is 0.296 e. The second kappa shape index (κ2) is 10.1. The number of nitrogens with one attached hydrogen (secondary N) is 1. The number of hydrogen-bond acceptors (Lipinski definition) is 5. The number of carbonyl (C=O) groups excluding carboxylic acids is 1. The number of hydrogen-bond donors (Lipinski definition) is 1. The maximum absolute atomic E-state index is 13.2. The molecule has 6 nitrogen and oxygen atoms in total. The highest BCUT2D eigenvalue weighted by molar-refractivity contribution is 8.14. The van der Waals surface area contributed by atoms with Gasteiger partial charge in [-0.2, -0.15) is 0 Å². The van der Waals surface area contributed by atoms with E-state index in [1.807, 2.05) is 34.7 Å². The fraction of sp³-hybridized carbons (Fsp3) is 0.320. The zero-order valence-corrected chi connectivity index (χ0v) is 21.2. The van der Waals surface area contributed by atoms with Crippen LogP contribution in [0.1, 0.15) is 41.0 Å². The normalized spacial score (nSPS) is 16.5. The van der Waals surface area contributed by atoms with Crippen molar-refractivity contribution in [1.29, 1.82) is 0 Å². The first-order valence-corrected chi connectivity index (χ1v) is 13.1. The molecule has 1 saturated heterocycles. The molecule has 176 valence electrons. The molecule has 1 aromatic heterocycles. The van der Waals surface area contributed by atoms with Gasteiger partial charge in [0.15, 0.2) is 5.69 Å². The zero-order valence-electron chi connectivity index (χ0n) is 18.9. The number of halogens is 2. The number of hydrazine groups is 1. The Bertz CT molecular complexity index is 1250. The van der Waals surface area contributed by atoms with E-state index in [0.717, 1.165) is 60.2 Å². The summed E-state index contributed by atoms with van der Waals surface area (Å²) in [5.74, 6) is 1.41. The van der Waals surface area contributed by atoms with Gasteiger partial charge in [0.1, 0.15) is 5.82 Å². The van der Waals surface area contributed by atoms with Crippen LogP contribution >= 0.6 is 35.0 Å². The van der Waals surface area contributed by atoms with Gasteiger partial charge < -0.3 is 0 Å². The molecule has 0 atom stereocenters. The maximum atomic E-state index is 13.2. The van der Waals surface area contributed by atoms with E-state index in [0.29, 0.717) is 27.1 Å². The van der Waals surface area contributed by atoms with Crippen molar-refractivity contribution in [3.05, 3.63) is 69.5 Å². The Hall–Kier alpha value is -2.32. The first kappa shape index (κ1) is 23.4. The van der Waals surface area contributed by atoms with Crippen LogP contribution in [0.3, 0.4) is 0 Å². The summed E-state index contributed by atoms with van der Waals surface area (Å²) in [5, 5.41) is 4.07. The fourth-order valence-corrected chi connectivity index (χ4v) is 5.70. The van der Waals surface area contributed by atoms with Gasteiger partial charge in [0, 0.05) is 47.2 Å². The molecule has 1 fully saturated rings. The molecular weight excluding hydrogens is 489 g/mol. The summed E-state index contributed by atoms with van der Waals surface area (Å²) in [7, 11) is 0. The van der Waals surface area contributed by atoms with E-state index in [1.165, 1.54) is 6.42 Å². The molecule has 1 amide bonds. The molecule has 3 heterocycles. The van der Waals surface area contributed by atoms with Crippen LogP contribution in [0.15, 0.2) is 47.5 Å². The van der Waals surface area contributed by atoms with Gasteiger partial charge in [0.2, 0.25) is 0 Å². The van der Waals surface area contributed by atoms with E-state index >= 15 is 0 Å². The van der Waals surface area contributed by atoms with Crippen molar-refractivity contribution < 1.29 is 4.79 Å². The topological polar surface area (TPSA) is 62.5 Å². The van der Waals surface area contributed by atoms with Crippen molar-refractivity contribution >= 4 is 45.9 Å². The number of thioether (sulfide) groups is 1. The number of aliphatic imine (C=N–C) groups is 1. The standard InChI is InChI=1S/C25H25Cl2N5OS/c1-16-22(24(33)30-31-12-3-2-4-13-31)29-23(20-10-7-18(26)15-21(20)27)32(16)19-8-5-17(6-9-19)25-28-11-14-34-25/h5-10,15H,2-4,11-14H2,1H3,(H,30,33). The van der Waals surface area contributed by atoms with Crippen LogP contribution in [0.4, 0.5) is 0 Å². The Morgan fingerprint density at radius 2 is 1.82 bits per heavy atom. The monoisotopic (exact) mass is 513 g/mol. The van der Waals surface area contributed by atoms with E-state index in [2.05, 4.69) is 22.6 Å². The van der Waals surface area contributed by atoms with Crippen LogP contribution in [-0.2, 0) is 0 Å². The summed E-state index contributed by atoms with van der Waals surface area (Å²) < 4.78 is 1.98. The lowest BCUT2D eigenvalue weighted by molar-refractivity contribution is 0.0744. The number of amides is 1. The molecule has 0 radical (unpaired) electrons. The molecular formula is C25H25Cl2N5OS. The highest BCUT2D eigenvalue weighted by Crippen LogP contribution is 2.33. The maximum Gasteiger partial charge on any atom is 0.286 e. The van der Waals surface area contributed by atoms with Crippen LogP contribution in [0.25, 0.3) is 17.1 Å². The predicted molar refractivity (Wildman–Crippen MR) is 141 cm³/mol. The second-order valence-electron chi connectivity index (χ2n) is 8.40. The predicted octanol–water partition coefficient (Wildman–Crippen LogP) is 5.78. The number of piperidine rings is 1. The molecule has 2 aliphatic rings. The lowest BCUT2D eigenvalue weighted by Crippen LogP contribution is -2.45. The van der Waals surface area contributed by atoms with E-state index in [4.69, 9.17) is 28.2 Å². The van der Waals surface area contributed by atoms with Gasteiger partial charge in [0.05, 0.1) is 15.8 Å².